The van der Waals surface area contributed by atoms with Gasteiger partial charge in [-0.05, 0) is 62.2 Å². The van der Waals surface area contributed by atoms with Gasteiger partial charge < -0.3 is 9.47 Å². The van der Waals surface area contributed by atoms with Crippen LogP contribution in [0, 0.1) is 24.3 Å². The number of carbonyl (C=O) groups excluding carboxylic acids is 1. The molecule has 0 fully saturated rings. The molecule has 0 saturated heterocycles. The number of hydrogen-bond donors (Lipinski definition) is 1. The van der Waals surface area contributed by atoms with Crippen molar-refractivity contribution < 1.29 is 14.3 Å². The summed E-state index contributed by atoms with van der Waals surface area (Å²) in [6.07, 6.45) is 0.0212. The minimum Gasteiger partial charge on any atom is -0.491 e. The largest absolute Gasteiger partial charge is 0.491 e. The Kier molecular flexibility index (Phi) is 9.77. The quantitative estimate of drug-likeness (QED) is 0.256. The molecule has 9 nitrogen and oxygen atoms in total. The van der Waals surface area contributed by atoms with Crippen LogP contribution in [0.1, 0.15) is 37.5 Å². The predicted molar refractivity (Wildman–Crippen MR) is 158 cm³/mol. The van der Waals surface area contributed by atoms with Crippen molar-refractivity contribution in [1.82, 2.24) is 14.1 Å². The first-order chi connectivity index (χ1) is 18.8. The highest BCUT2D eigenvalue weighted by Crippen LogP contribution is 2.24. The number of carbonyl (C=O) groups is 1. The van der Waals surface area contributed by atoms with Crippen LogP contribution in [0.5, 0.6) is 5.75 Å². The van der Waals surface area contributed by atoms with Crippen LogP contribution in [-0.4, -0.2) is 41.4 Å². The van der Waals surface area contributed by atoms with Crippen molar-refractivity contribution in [1.29, 1.82) is 0 Å². The highest BCUT2D eigenvalue weighted by Gasteiger charge is 2.18. The van der Waals surface area contributed by atoms with Gasteiger partial charge in [0.25, 0.3) is 0 Å². The number of nitrogens with one attached hydrogen (secondary N) is 1. The Hall–Kier alpha value is -4.10. The molecule has 1 aromatic heterocycles. The Balaban J connectivity index is 2.11. The summed E-state index contributed by atoms with van der Waals surface area (Å²) >= 11 is 0. The van der Waals surface area contributed by atoms with Crippen LogP contribution in [0.15, 0.2) is 57.0 Å². The second kappa shape index (κ2) is 12.8. The number of aromatic nitrogens is 3. The van der Waals surface area contributed by atoms with E-state index in [9.17, 15) is 14.4 Å². The molecular formula is C30H38N4O5Si. The molecule has 2 aromatic carbocycles. The van der Waals surface area contributed by atoms with Gasteiger partial charge in [0, 0.05) is 12.1 Å². The van der Waals surface area contributed by atoms with Gasteiger partial charge in [-0.1, -0.05) is 44.6 Å². The summed E-state index contributed by atoms with van der Waals surface area (Å²) in [6, 6.07) is 13.1. The molecule has 40 heavy (non-hydrogen) atoms. The molecule has 3 aromatic rings. The fourth-order valence-corrected chi connectivity index (χ4v) is 4.36. The number of ether oxygens (including phenoxy) is 2. The molecule has 1 N–H and O–H groups in total. The standard InChI is InChI=1S/C30H38N4O5Si/c1-20(2)39-26-14-13-25(17-21(26)3)31-28-32-29(36)34(18-22(4)27(35)38-5)30(37)33(28)19-24-11-9-23(10-12-24)15-16-40(6,7)8/h9-14,17,20,22H,18-19H2,1-8H3,(H,31,32,36)/t22-/m0/s1. The normalized spacial score (nSPS) is 12.6. The molecule has 0 saturated carbocycles. The number of hydrogen-bond acceptors (Lipinski definition) is 6. The third kappa shape index (κ3) is 8.20. The Labute approximate surface area is 235 Å². The van der Waals surface area contributed by atoms with E-state index in [-0.39, 0.29) is 24.8 Å². The van der Waals surface area contributed by atoms with Crippen molar-refractivity contribution in [3.8, 4) is 17.2 Å². The van der Waals surface area contributed by atoms with Crippen LogP contribution >= 0.6 is 0 Å². The van der Waals surface area contributed by atoms with Gasteiger partial charge in [-0.15, -0.1) is 5.54 Å². The number of rotatable bonds is 8. The maximum absolute atomic E-state index is 13.6. The molecule has 0 aliphatic carbocycles. The molecule has 3 rings (SSSR count). The van der Waals surface area contributed by atoms with E-state index in [1.54, 1.807) is 13.0 Å². The number of nitrogens with zero attached hydrogens (tertiary/aromatic N) is 3. The maximum Gasteiger partial charge on any atom is 0.335 e. The van der Waals surface area contributed by atoms with E-state index in [4.69, 9.17) is 9.47 Å². The van der Waals surface area contributed by atoms with Crippen LogP contribution < -0.4 is 21.7 Å². The second-order valence-corrected chi connectivity index (χ2v) is 15.8. The van der Waals surface area contributed by atoms with Crippen molar-refractivity contribution in [2.45, 2.75) is 66.5 Å². The minimum atomic E-state index is -1.52. The van der Waals surface area contributed by atoms with E-state index in [1.165, 1.54) is 11.7 Å². The molecule has 0 unspecified atom stereocenters. The lowest BCUT2D eigenvalue weighted by Crippen LogP contribution is -2.51. The van der Waals surface area contributed by atoms with Crippen LogP contribution in [0.3, 0.4) is 0 Å². The molecule has 0 radical (unpaired) electrons. The van der Waals surface area contributed by atoms with Gasteiger partial charge >= 0.3 is 17.3 Å². The Morgan fingerprint density at radius 1 is 1.05 bits per heavy atom. The average Bonchev–Trinajstić information content (AvgIpc) is 2.88. The molecule has 1 atom stereocenters. The number of benzene rings is 2. The summed E-state index contributed by atoms with van der Waals surface area (Å²) in [5, 5.41) is 0. The van der Waals surface area contributed by atoms with Gasteiger partial charge in [0.15, 0.2) is 0 Å². The third-order valence-electron chi connectivity index (χ3n) is 5.87. The van der Waals surface area contributed by atoms with E-state index in [0.717, 1.165) is 27.0 Å². The first-order valence-electron chi connectivity index (χ1n) is 13.2. The predicted octanol–water partition coefficient (Wildman–Crippen LogP) is 3.75. The summed E-state index contributed by atoms with van der Waals surface area (Å²) in [5.41, 5.74) is 5.34. The Morgan fingerprint density at radius 2 is 1.73 bits per heavy atom. The number of aryl methyl sites for hydroxylation is 1. The van der Waals surface area contributed by atoms with Crippen molar-refractivity contribution >= 4 is 19.7 Å². The minimum absolute atomic E-state index is 0.0212. The average molecular weight is 563 g/mol. The molecular weight excluding hydrogens is 524 g/mol. The lowest BCUT2D eigenvalue weighted by molar-refractivity contribution is -0.145. The molecule has 212 valence electrons. The van der Waals surface area contributed by atoms with Gasteiger partial charge in [0.05, 0.1) is 31.4 Å². The van der Waals surface area contributed by atoms with Crippen molar-refractivity contribution in [3.05, 3.63) is 85.7 Å². The number of aromatic amines is 1. The van der Waals surface area contributed by atoms with Gasteiger partial charge in [-0.3, -0.25) is 14.3 Å². The molecule has 1 heterocycles. The van der Waals surface area contributed by atoms with Crippen molar-refractivity contribution in [2.24, 2.45) is 10.9 Å². The van der Waals surface area contributed by atoms with Gasteiger partial charge in [-0.25, -0.2) is 19.1 Å². The van der Waals surface area contributed by atoms with Gasteiger partial charge in [0.2, 0.25) is 5.62 Å². The fraction of sp³-hybridized carbons (Fsp3) is 0.400. The van der Waals surface area contributed by atoms with Crippen LogP contribution in [0.4, 0.5) is 5.69 Å². The molecule has 10 heteroatoms. The van der Waals surface area contributed by atoms with Crippen LogP contribution in [0.25, 0.3) is 0 Å². The highest BCUT2D eigenvalue weighted by molar-refractivity contribution is 6.83. The second-order valence-electron chi connectivity index (χ2n) is 11.1. The summed E-state index contributed by atoms with van der Waals surface area (Å²) in [4.78, 5) is 46.0. The van der Waals surface area contributed by atoms with Crippen molar-refractivity contribution in [3.63, 3.8) is 0 Å². The zero-order valence-corrected chi connectivity index (χ0v) is 25.5. The zero-order valence-electron chi connectivity index (χ0n) is 24.5. The summed E-state index contributed by atoms with van der Waals surface area (Å²) < 4.78 is 13.0. The first-order valence-corrected chi connectivity index (χ1v) is 16.7. The maximum atomic E-state index is 13.6. The summed E-state index contributed by atoms with van der Waals surface area (Å²) in [5.74, 6) is 2.75. The summed E-state index contributed by atoms with van der Waals surface area (Å²) in [6.45, 7) is 14.0. The molecule has 0 amide bonds. The lowest BCUT2D eigenvalue weighted by Gasteiger charge is -2.14. The summed E-state index contributed by atoms with van der Waals surface area (Å²) in [7, 11) is -0.246. The van der Waals surface area contributed by atoms with Gasteiger partial charge in [0.1, 0.15) is 13.8 Å². The van der Waals surface area contributed by atoms with E-state index >= 15 is 0 Å². The number of esters is 1. The van der Waals surface area contributed by atoms with E-state index < -0.39 is 31.3 Å². The zero-order chi connectivity index (χ0) is 29.6. The molecule has 0 bridgehead atoms. The third-order valence-corrected chi connectivity index (χ3v) is 6.75. The van der Waals surface area contributed by atoms with E-state index in [0.29, 0.717) is 5.69 Å². The molecule has 0 spiro atoms. The molecule has 0 aliphatic heterocycles. The molecule has 0 aliphatic rings. The van der Waals surface area contributed by atoms with Crippen LogP contribution in [-0.2, 0) is 22.6 Å². The van der Waals surface area contributed by atoms with Crippen molar-refractivity contribution in [2.75, 3.05) is 7.11 Å². The SMILES string of the molecule is COC(=O)[C@@H](C)Cn1c(=O)[nH]/c(=N\c2ccc(OC(C)C)c(C)c2)n(Cc2ccc(C#C[Si](C)(C)C)cc2)c1=O. The Bertz CT molecular complexity index is 1610. The topological polar surface area (TPSA) is 108 Å². The highest BCUT2D eigenvalue weighted by atomic mass is 28.3. The van der Waals surface area contributed by atoms with E-state index in [1.807, 2.05) is 57.2 Å². The van der Waals surface area contributed by atoms with E-state index in [2.05, 4.69) is 41.1 Å². The van der Waals surface area contributed by atoms with Gasteiger partial charge in [-0.2, -0.15) is 0 Å². The van der Waals surface area contributed by atoms with Crippen LogP contribution in [0.2, 0.25) is 19.6 Å². The first kappa shape index (κ1) is 30.4. The monoisotopic (exact) mass is 562 g/mol. The smallest absolute Gasteiger partial charge is 0.335 e. The Morgan fingerprint density at radius 3 is 2.30 bits per heavy atom. The lowest BCUT2D eigenvalue weighted by atomic mass is 10.1. The number of H-pyrrole nitrogens is 1. The number of methoxy groups -OCH3 is 1. The fourth-order valence-electron chi connectivity index (χ4n) is 3.84.